The van der Waals surface area contributed by atoms with Crippen molar-refractivity contribution in [1.29, 1.82) is 0 Å². The highest BCUT2D eigenvalue weighted by molar-refractivity contribution is 9.10. The molecule has 0 radical (unpaired) electrons. The monoisotopic (exact) mass is 480 g/mol. The van der Waals surface area contributed by atoms with Crippen LogP contribution in [0.4, 0.5) is 5.13 Å². The number of ether oxygens (including phenoxy) is 1. The molecule has 128 valence electrons. The third kappa shape index (κ3) is 4.11. The van der Waals surface area contributed by atoms with E-state index in [0.717, 1.165) is 25.8 Å². The second kappa shape index (κ2) is 7.68. The van der Waals surface area contributed by atoms with Crippen LogP contribution in [0.25, 0.3) is 11.3 Å². The molecular formula is C18H14Br2N2O2S. The van der Waals surface area contributed by atoms with Crippen LogP contribution < -0.4 is 10.1 Å². The van der Waals surface area contributed by atoms with Crippen LogP contribution in [0.1, 0.15) is 15.9 Å². The quantitative estimate of drug-likeness (QED) is 0.504. The number of methoxy groups -OCH3 is 1. The first-order valence-corrected chi connectivity index (χ1v) is 9.81. The van der Waals surface area contributed by atoms with Gasteiger partial charge in [0.2, 0.25) is 0 Å². The number of aromatic nitrogens is 1. The highest BCUT2D eigenvalue weighted by atomic mass is 79.9. The number of nitrogens with one attached hydrogen (secondary N) is 1. The number of aryl methyl sites for hydroxylation is 1. The van der Waals surface area contributed by atoms with Gasteiger partial charge in [0, 0.05) is 19.9 Å². The Bertz CT molecular complexity index is 923. The number of nitrogens with zero attached hydrogens (tertiary/aromatic N) is 1. The number of carbonyl (C=O) groups excluding carboxylic acids is 1. The van der Waals surface area contributed by atoms with E-state index in [1.165, 1.54) is 11.3 Å². The van der Waals surface area contributed by atoms with E-state index in [1.54, 1.807) is 13.2 Å². The standard InChI is InChI=1S/C18H14Br2N2O2S/c1-10-7-13(20)8-14(16(10)24-2)17(23)22-18-21-15(9-25-18)11-3-5-12(19)6-4-11/h3-9H,1-2H3,(H,21,22,23). The van der Waals surface area contributed by atoms with Gasteiger partial charge in [-0.2, -0.15) is 0 Å². The van der Waals surface area contributed by atoms with E-state index in [-0.39, 0.29) is 5.91 Å². The smallest absolute Gasteiger partial charge is 0.261 e. The highest BCUT2D eigenvalue weighted by Crippen LogP contribution is 2.30. The van der Waals surface area contributed by atoms with Gasteiger partial charge in [-0.15, -0.1) is 11.3 Å². The van der Waals surface area contributed by atoms with Gasteiger partial charge in [-0.1, -0.05) is 44.0 Å². The van der Waals surface area contributed by atoms with Crippen LogP contribution in [0.5, 0.6) is 5.75 Å². The van der Waals surface area contributed by atoms with Crippen molar-refractivity contribution in [3.05, 3.63) is 61.9 Å². The maximum atomic E-state index is 12.6. The molecule has 1 aromatic heterocycles. The molecule has 0 aliphatic heterocycles. The summed E-state index contributed by atoms with van der Waals surface area (Å²) in [4.78, 5) is 17.1. The van der Waals surface area contributed by atoms with Crippen molar-refractivity contribution in [2.24, 2.45) is 0 Å². The summed E-state index contributed by atoms with van der Waals surface area (Å²) in [5.74, 6) is 0.309. The molecule has 2 aromatic carbocycles. The summed E-state index contributed by atoms with van der Waals surface area (Å²) in [6.45, 7) is 1.90. The lowest BCUT2D eigenvalue weighted by Gasteiger charge is -2.11. The zero-order chi connectivity index (χ0) is 18.0. The average Bonchev–Trinajstić information content (AvgIpc) is 3.03. The summed E-state index contributed by atoms with van der Waals surface area (Å²) >= 11 is 8.22. The van der Waals surface area contributed by atoms with Gasteiger partial charge >= 0.3 is 0 Å². The van der Waals surface area contributed by atoms with E-state index in [0.29, 0.717) is 16.4 Å². The molecule has 0 atom stereocenters. The van der Waals surface area contributed by atoms with Crippen molar-refractivity contribution in [2.75, 3.05) is 12.4 Å². The number of halogens is 2. The molecule has 0 saturated heterocycles. The number of amides is 1. The maximum absolute atomic E-state index is 12.6. The predicted molar refractivity (Wildman–Crippen MR) is 109 cm³/mol. The van der Waals surface area contributed by atoms with Crippen molar-refractivity contribution in [3.63, 3.8) is 0 Å². The molecule has 0 saturated carbocycles. The van der Waals surface area contributed by atoms with Crippen molar-refractivity contribution in [2.45, 2.75) is 6.92 Å². The van der Waals surface area contributed by atoms with E-state index >= 15 is 0 Å². The molecule has 3 aromatic rings. The molecule has 0 spiro atoms. The number of benzene rings is 2. The van der Waals surface area contributed by atoms with Crippen molar-refractivity contribution < 1.29 is 9.53 Å². The fraction of sp³-hybridized carbons (Fsp3) is 0.111. The number of carbonyl (C=O) groups is 1. The first-order valence-electron chi connectivity index (χ1n) is 7.35. The second-order valence-corrected chi connectivity index (χ2v) is 7.99. The predicted octanol–water partition coefficient (Wildman–Crippen LogP) is 5.90. The average molecular weight is 482 g/mol. The summed E-state index contributed by atoms with van der Waals surface area (Å²) in [6, 6.07) is 11.5. The van der Waals surface area contributed by atoms with Gasteiger partial charge in [-0.05, 0) is 36.8 Å². The zero-order valence-electron chi connectivity index (χ0n) is 13.5. The SMILES string of the molecule is COc1c(C)cc(Br)cc1C(=O)Nc1nc(-c2ccc(Br)cc2)cs1. The van der Waals surface area contributed by atoms with Gasteiger partial charge in [-0.3, -0.25) is 10.1 Å². The molecule has 0 bridgehead atoms. The Labute approximate surface area is 166 Å². The highest BCUT2D eigenvalue weighted by Gasteiger charge is 2.17. The molecule has 0 fully saturated rings. The van der Waals surface area contributed by atoms with Crippen molar-refractivity contribution in [3.8, 4) is 17.0 Å². The number of anilines is 1. The minimum Gasteiger partial charge on any atom is -0.496 e. The summed E-state index contributed by atoms with van der Waals surface area (Å²) in [5.41, 5.74) is 3.17. The third-order valence-electron chi connectivity index (χ3n) is 3.55. The van der Waals surface area contributed by atoms with Gasteiger partial charge in [0.05, 0.1) is 18.4 Å². The number of hydrogen-bond acceptors (Lipinski definition) is 4. The van der Waals surface area contributed by atoms with Crippen LogP contribution >= 0.6 is 43.2 Å². The molecule has 1 N–H and O–H groups in total. The van der Waals surface area contributed by atoms with E-state index in [9.17, 15) is 4.79 Å². The molecule has 4 nitrogen and oxygen atoms in total. The molecule has 0 unspecified atom stereocenters. The van der Waals surface area contributed by atoms with Gasteiger partial charge in [0.1, 0.15) is 5.75 Å². The second-order valence-electron chi connectivity index (χ2n) is 5.30. The lowest BCUT2D eigenvalue weighted by molar-refractivity contribution is 0.102. The van der Waals surface area contributed by atoms with Crippen molar-refractivity contribution in [1.82, 2.24) is 4.98 Å². The van der Waals surface area contributed by atoms with Gasteiger partial charge in [0.25, 0.3) is 5.91 Å². The van der Waals surface area contributed by atoms with E-state index < -0.39 is 0 Å². The largest absolute Gasteiger partial charge is 0.496 e. The fourth-order valence-electron chi connectivity index (χ4n) is 2.42. The van der Waals surface area contributed by atoms with Gasteiger partial charge in [-0.25, -0.2) is 4.98 Å². The molecule has 25 heavy (non-hydrogen) atoms. The summed E-state index contributed by atoms with van der Waals surface area (Å²) in [5, 5.41) is 5.31. The maximum Gasteiger partial charge on any atom is 0.261 e. The van der Waals surface area contributed by atoms with E-state index in [2.05, 4.69) is 42.2 Å². The molecule has 0 aliphatic carbocycles. The van der Waals surface area contributed by atoms with Crippen LogP contribution in [0.2, 0.25) is 0 Å². The van der Waals surface area contributed by atoms with Crippen LogP contribution in [0.15, 0.2) is 50.7 Å². The Morgan fingerprint density at radius 2 is 1.88 bits per heavy atom. The number of thiazole rings is 1. The summed E-state index contributed by atoms with van der Waals surface area (Å²) < 4.78 is 7.21. The van der Waals surface area contributed by atoms with Crippen LogP contribution in [0, 0.1) is 6.92 Å². The summed E-state index contributed by atoms with van der Waals surface area (Å²) in [7, 11) is 1.56. The molecule has 0 aliphatic rings. The Morgan fingerprint density at radius 1 is 1.16 bits per heavy atom. The lowest BCUT2D eigenvalue weighted by atomic mass is 10.1. The van der Waals surface area contributed by atoms with E-state index in [1.807, 2.05) is 42.6 Å². The van der Waals surface area contributed by atoms with Gasteiger partial charge in [0.15, 0.2) is 5.13 Å². The van der Waals surface area contributed by atoms with E-state index in [4.69, 9.17) is 4.74 Å². The Kier molecular flexibility index (Phi) is 5.56. The molecule has 3 rings (SSSR count). The third-order valence-corrected chi connectivity index (χ3v) is 5.30. The fourth-order valence-corrected chi connectivity index (χ4v) is 3.97. The Morgan fingerprint density at radius 3 is 2.56 bits per heavy atom. The molecular weight excluding hydrogens is 468 g/mol. The first kappa shape index (κ1) is 18.1. The normalized spacial score (nSPS) is 10.6. The number of rotatable bonds is 4. The Hall–Kier alpha value is -1.70. The zero-order valence-corrected chi connectivity index (χ0v) is 17.5. The van der Waals surface area contributed by atoms with Crippen LogP contribution in [-0.2, 0) is 0 Å². The lowest BCUT2D eigenvalue weighted by Crippen LogP contribution is -2.13. The van der Waals surface area contributed by atoms with Crippen molar-refractivity contribution >= 4 is 54.2 Å². The Balaban J connectivity index is 1.84. The van der Waals surface area contributed by atoms with Crippen LogP contribution in [-0.4, -0.2) is 18.0 Å². The molecule has 1 amide bonds. The number of hydrogen-bond donors (Lipinski definition) is 1. The topological polar surface area (TPSA) is 51.2 Å². The molecule has 7 heteroatoms. The minimum atomic E-state index is -0.252. The van der Waals surface area contributed by atoms with Gasteiger partial charge < -0.3 is 4.74 Å². The summed E-state index contributed by atoms with van der Waals surface area (Å²) in [6.07, 6.45) is 0. The molecule has 1 heterocycles. The minimum absolute atomic E-state index is 0.252. The van der Waals surface area contributed by atoms with Crippen LogP contribution in [0.3, 0.4) is 0 Å². The first-order chi connectivity index (χ1) is 12.0.